The molecule has 1 aromatic carbocycles. The summed E-state index contributed by atoms with van der Waals surface area (Å²) in [7, 11) is 0. The zero-order valence-corrected chi connectivity index (χ0v) is 12.0. The highest BCUT2D eigenvalue weighted by atomic mass is 79.9. The second kappa shape index (κ2) is 5.68. The molecule has 19 heavy (non-hydrogen) atoms. The van der Waals surface area contributed by atoms with E-state index in [4.69, 9.17) is 5.73 Å². The number of hydrogen-bond donors (Lipinski definition) is 1. The Hall–Kier alpha value is -2.12. The molecule has 0 atom stereocenters. The molecule has 0 bridgehead atoms. The molecule has 0 amide bonds. The van der Waals surface area contributed by atoms with Crippen LogP contribution in [0.4, 0.5) is 0 Å². The Bertz CT molecular complexity index is 670. The van der Waals surface area contributed by atoms with E-state index in [2.05, 4.69) is 27.0 Å². The van der Waals surface area contributed by atoms with Gasteiger partial charge in [-0.05, 0) is 36.2 Å². The molecule has 0 saturated carbocycles. The summed E-state index contributed by atoms with van der Waals surface area (Å²) in [6, 6.07) is 11.6. The summed E-state index contributed by atoms with van der Waals surface area (Å²) in [6.45, 7) is 2.00. The van der Waals surface area contributed by atoms with Crippen molar-refractivity contribution in [2.24, 2.45) is 5.73 Å². The third-order valence-electron chi connectivity index (χ3n) is 2.76. The minimum absolute atomic E-state index is 0.451. The average molecular weight is 314 g/mol. The van der Waals surface area contributed by atoms with Crippen molar-refractivity contribution in [3.05, 3.63) is 63.9 Å². The lowest BCUT2D eigenvalue weighted by atomic mass is 10.0. The van der Waals surface area contributed by atoms with Crippen LogP contribution in [0.15, 0.2) is 47.2 Å². The molecular formula is C15H12BrN3. The van der Waals surface area contributed by atoms with E-state index < -0.39 is 0 Å². The monoisotopic (exact) mass is 313 g/mol. The van der Waals surface area contributed by atoms with Gasteiger partial charge in [-0.3, -0.25) is 4.98 Å². The Morgan fingerprint density at radius 2 is 1.95 bits per heavy atom. The van der Waals surface area contributed by atoms with Gasteiger partial charge in [0, 0.05) is 22.4 Å². The van der Waals surface area contributed by atoms with Crippen molar-refractivity contribution in [3.63, 3.8) is 0 Å². The molecule has 0 aliphatic rings. The highest BCUT2D eigenvalue weighted by molar-refractivity contribution is 9.10. The molecule has 0 aliphatic heterocycles. The standard InChI is InChI=1S/C15H12BrN3/c1-10-2-3-12(14(16)8-10)15(18)13(9-17)11-4-6-19-7-5-11/h2-8H,18H2,1H3/b15-13+. The van der Waals surface area contributed by atoms with E-state index in [1.54, 1.807) is 24.5 Å². The van der Waals surface area contributed by atoms with Gasteiger partial charge in [0.05, 0.1) is 11.3 Å². The van der Waals surface area contributed by atoms with Crippen molar-refractivity contribution >= 4 is 27.2 Å². The smallest absolute Gasteiger partial charge is 0.102 e. The molecule has 0 fully saturated rings. The van der Waals surface area contributed by atoms with Gasteiger partial charge in [-0.25, -0.2) is 0 Å². The third-order valence-corrected chi connectivity index (χ3v) is 3.42. The van der Waals surface area contributed by atoms with Gasteiger partial charge in [-0.15, -0.1) is 0 Å². The quantitative estimate of drug-likeness (QED) is 0.863. The first kappa shape index (κ1) is 13.3. The maximum atomic E-state index is 9.33. The highest BCUT2D eigenvalue weighted by Crippen LogP contribution is 2.28. The fourth-order valence-electron chi connectivity index (χ4n) is 1.77. The van der Waals surface area contributed by atoms with Gasteiger partial charge in [-0.1, -0.05) is 28.1 Å². The van der Waals surface area contributed by atoms with E-state index >= 15 is 0 Å². The zero-order chi connectivity index (χ0) is 13.8. The van der Waals surface area contributed by atoms with Crippen LogP contribution >= 0.6 is 15.9 Å². The molecular weight excluding hydrogens is 302 g/mol. The van der Waals surface area contributed by atoms with Gasteiger partial charge in [0.1, 0.15) is 6.07 Å². The molecule has 2 aromatic rings. The number of halogens is 1. The molecule has 1 heterocycles. The van der Waals surface area contributed by atoms with Crippen molar-refractivity contribution in [3.8, 4) is 6.07 Å². The van der Waals surface area contributed by atoms with Gasteiger partial charge in [0.15, 0.2) is 0 Å². The molecule has 0 unspecified atom stereocenters. The molecule has 0 saturated heterocycles. The van der Waals surface area contributed by atoms with Crippen LogP contribution in [0.3, 0.4) is 0 Å². The van der Waals surface area contributed by atoms with E-state index in [1.165, 1.54) is 0 Å². The summed E-state index contributed by atoms with van der Waals surface area (Å²) < 4.78 is 0.881. The maximum Gasteiger partial charge on any atom is 0.102 e. The van der Waals surface area contributed by atoms with Crippen LogP contribution in [0.1, 0.15) is 16.7 Å². The minimum Gasteiger partial charge on any atom is -0.397 e. The zero-order valence-electron chi connectivity index (χ0n) is 10.4. The lowest BCUT2D eigenvalue weighted by molar-refractivity contribution is 1.31. The summed E-state index contributed by atoms with van der Waals surface area (Å²) in [5.41, 5.74) is 9.76. The second-order valence-corrected chi connectivity index (χ2v) is 4.97. The number of nitriles is 1. The highest BCUT2D eigenvalue weighted by Gasteiger charge is 2.11. The number of hydrogen-bond acceptors (Lipinski definition) is 3. The maximum absolute atomic E-state index is 9.33. The predicted molar refractivity (Wildman–Crippen MR) is 79.7 cm³/mol. The number of nitrogens with two attached hydrogens (primary N) is 1. The van der Waals surface area contributed by atoms with Gasteiger partial charge in [0.2, 0.25) is 0 Å². The molecule has 94 valence electrons. The van der Waals surface area contributed by atoms with E-state index in [9.17, 15) is 5.26 Å². The van der Waals surface area contributed by atoms with Crippen molar-refractivity contribution in [1.29, 1.82) is 5.26 Å². The van der Waals surface area contributed by atoms with Crippen molar-refractivity contribution in [2.75, 3.05) is 0 Å². The largest absolute Gasteiger partial charge is 0.397 e. The summed E-state index contributed by atoms with van der Waals surface area (Å²) in [6.07, 6.45) is 3.29. The Kier molecular flexibility index (Phi) is 3.98. The van der Waals surface area contributed by atoms with Crippen LogP contribution in [0.2, 0.25) is 0 Å². The Labute approximate surface area is 120 Å². The van der Waals surface area contributed by atoms with Crippen molar-refractivity contribution < 1.29 is 0 Å². The summed E-state index contributed by atoms with van der Waals surface area (Å²) in [5, 5.41) is 9.33. The first-order valence-electron chi connectivity index (χ1n) is 5.70. The average Bonchev–Trinajstić information content (AvgIpc) is 2.40. The number of benzene rings is 1. The van der Waals surface area contributed by atoms with Gasteiger partial charge in [0.25, 0.3) is 0 Å². The SMILES string of the molecule is Cc1ccc(/C(N)=C(/C#N)c2ccncc2)c(Br)c1. The predicted octanol–water partition coefficient (Wildman–Crippen LogP) is 3.50. The number of pyridine rings is 1. The van der Waals surface area contributed by atoms with Crippen LogP contribution in [0.25, 0.3) is 11.3 Å². The first-order valence-corrected chi connectivity index (χ1v) is 6.49. The lowest BCUT2D eigenvalue weighted by Crippen LogP contribution is -2.02. The number of aryl methyl sites for hydroxylation is 1. The van der Waals surface area contributed by atoms with Crippen LogP contribution in [-0.2, 0) is 0 Å². The first-order chi connectivity index (χ1) is 9.13. The number of aromatic nitrogens is 1. The molecule has 0 spiro atoms. The normalized spacial score (nSPS) is 11.6. The molecule has 0 radical (unpaired) electrons. The van der Waals surface area contributed by atoms with E-state index in [0.29, 0.717) is 11.3 Å². The topological polar surface area (TPSA) is 62.7 Å². The van der Waals surface area contributed by atoms with Crippen LogP contribution in [0.5, 0.6) is 0 Å². The molecule has 2 N–H and O–H groups in total. The third kappa shape index (κ3) is 2.83. The summed E-state index contributed by atoms with van der Waals surface area (Å²) in [5.74, 6) is 0. The summed E-state index contributed by atoms with van der Waals surface area (Å²) >= 11 is 3.48. The number of allylic oxidation sites excluding steroid dienone is 1. The fourth-order valence-corrected chi connectivity index (χ4v) is 2.48. The van der Waals surface area contributed by atoms with E-state index in [-0.39, 0.29) is 0 Å². The molecule has 4 heteroatoms. The van der Waals surface area contributed by atoms with Gasteiger partial charge in [-0.2, -0.15) is 5.26 Å². The van der Waals surface area contributed by atoms with Crippen molar-refractivity contribution in [2.45, 2.75) is 6.92 Å². The Morgan fingerprint density at radius 1 is 1.26 bits per heavy atom. The number of rotatable bonds is 2. The van der Waals surface area contributed by atoms with Crippen LogP contribution in [-0.4, -0.2) is 4.98 Å². The molecule has 3 nitrogen and oxygen atoms in total. The Morgan fingerprint density at radius 3 is 2.53 bits per heavy atom. The van der Waals surface area contributed by atoms with Crippen LogP contribution < -0.4 is 5.73 Å². The molecule has 2 rings (SSSR count). The number of nitrogens with zero attached hydrogens (tertiary/aromatic N) is 2. The molecule has 1 aromatic heterocycles. The Balaban J connectivity index is 2.59. The van der Waals surface area contributed by atoms with Crippen molar-refractivity contribution in [1.82, 2.24) is 4.98 Å². The summed E-state index contributed by atoms with van der Waals surface area (Å²) in [4.78, 5) is 3.94. The lowest BCUT2D eigenvalue weighted by Gasteiger charge is -2.09. The van der Waals surface area contributed by atoms with Gasteiger partial charge >= 0.3 is 0 Å². The fraction of sp³-hybridized carbons (Fsp3) is 0.0667. The van der Waals surface area contributed by atoms with Crippen LogP contribution in [0, 0.1) is 18.3 Å². The second-order valence-electron chi connectivity index (χ2n) is 4.12. The van der Waals surface area contributed by atoms with Gasteiger partial charge < -0.3 is 5.73 Å². The molecule has 0 aliphatic carbocycles. The van der Waals surface area contributed by atoms with E-state index in [1.807, 2.05) is 25.1 Å². The minimum atomic E-state index is 0.451. The van der Waals surface area contributed by atoms with E-state index in [0.717, 1.165) is 21.2 Å².